The molecular weight excluding hydrogens is 369 g/mol. The van der Waals surface area contributed by atoms with E-state index in [4.69, 9.17) is 0 Å². The molecule has 0 aliphatic heterocycles. The van der Waals surface area contributed by atoms with Crippen molar-refractivity contribution in [2.75, 3.05) is 0 Å². The molecule has 0 saturated carbocycles. The van der Waals surface area contributed by atoms with Crippen LogP contribution in [0.5, 0.6) is 0 Å². The van der Waals surface area contributed by atoms with E-state index in [-0.39, 0.29) is 0 Å². The zero-order chi connectivity index (χ0) is 17.5. The average Bonchev–Trinajstić information content (AvgIpc) is 2.78. The summed E-state index contributed by atoms with van der Waals surface area (Å²) >= 11 is 3.74. The summed E-state index contributed by atoms with van der Waals surface area (Å²) in [7, 11) is -10.7. The van der Waals surface area contributed by atoms with Gasteiger partial charge < -0.3 is 0 Å². The summed E-state index contributed by atoms with van der Waals surface area (Å²) in [6.07, 6.45) is 7.21. The first kappa shape index (κ1) is 21.2. The first-order chi connectivity index (χ1) is 9.65. The first-order valence-corrected chi connectivity index (χ1v) is 8.84. The molecule has 0 spiro atoms. The molecule has 0 atom stereocenters. The van der Waals surface area contributed by atoms with Crippen LogP contribution in [-0.4, -0.2) is 0 Å². The number of hydrogen-bond donors (Lipinski definition) is 0. The Morgan fingerprint density at radius 1 is 0.955 bits per heavy atom. The summed E-state index contributed by atoms with van der Waals surface area (Å²) < 4.78 is 60.4. The Morgan fingerprint density at radius 2 is 1.41 bits per heavy atom. The summed E-state index contributed by atoms with van der Waals surface area (Å²) in [4.78, 5) is 0. The fourth-order valence-corrected chi connectivity index (χ4v) is 1.49. The molecule has 1 aromatic rings. The third-order valence-corrected chi connectivity index (χ3v) is 2.59. The molecule has 8 heteroatoms. The van der Waals surface area contributed by atoms with Crippen LogP contribution in [0.1, 0.15) is 31.7 Å². The molecule has 0 radical (unpaired) electrons. The molecule has 1 aliphatic carbocycles. The summed E-state index contributed by atoms with van der Waals surface area (Å²) in [5.74, 6) is 0.659. The molecule has 0 heterocycles. The van der Waals surface area contributed by atoms with Gasteiger partial charge in [-0.3, -0.25) is 0 Å². The van der Waals surface area contributed by atoms with E-state index in [0.717, 1.165) is 6.42 Å². The molecular formula is C14H17F6FeP-. The van der Waals surface area contributed by atoms with E-state index < -0.39 is 7.81 Å². The quantitative estimate of drug-likeness (QED) is 0.265. The Balaban J connectivity index is 0.000000308. The summed E-state index contributed by atoms with van der Waals surface area (Å²) in [6, 6.07) is 10.5. The van der Waals surface area contributed by atoms with Crippen molar-refractivity contribution in [3.8, 4) is 0 Å². The minimum atomic E-state index is -10.7. The zero-order valence-corrected chi connectivity index (χ0v) is 14.0. The van der Waals surface area contributed by atoms with Crippen LogP contribution in [0, 0.1) is 0 Å². The predicted octanol–water partition coefficient (Wildman–Crippen LogP) is 7.57. The van der Waals surface area contributed by atoms with E-state index in [9.17, 15) is 25.2 Å². The van der Waals surface area contributed by atoms with Crippen LogP contribution in [0.25, 0.3) is 0 Å². The van der Waals surface area contributed by atoms with E-state index in [2.05, 4.69) is 60.2 Å². The molecule has 0 unspecified atom stereocenters. The van der Waals surface area contributed by atoms with Gasteiger partial charge in [-0.1, -0.05) is 44.2 Å². The zero-order valence-electron chi connectivity index (χ0n) is 12.0. The SMILES string of the molecule is CC(C)c1ccccc1.F[P-](F)(F)(F)(F)F.[Fe][C]1=CC=CC1. The normalized spacial score (nSPS) is 16.5. The maximum absolute atomic E-state index is 10.7. The van der Waals surface area contributed by atoms with E-state index in [1.54, 1.807) is 0 Å². The molecule has 0 aromatic heterocycles. The molecule has 2 rings (SSSR count). The molecule has 0 fully saturated rings. The van der Waals surface area contributed by atoms with Crippen LogP contribution in [0.2, 0.25) is 0 Å². The van der Waals surface area contributed by atoms with Crippen LogP contribution in [0.3, 0.4) is 0 Å². The number of allylic oxidation sites excluding steroid dienone is 4. The molecule has 0 amide bonds. The van der Waals surface area contributed by atoms with Crippen LogP contribution in [-0.2, 0) is 16.0 Å². The summed E-state index contributed by atoms with van der Waals surface area (Å²) in [6.45, 7) is 4.41. The van der Waals surface area contributed by atoms with Crippen molar-refractivity contribution in [1.29, 1.82) is 0 Å². The molecule has 0 N–H and O–H groups in total. The van der Waals surface area contributed by atoms with Gasteiger partial charge in [0, 0.05) is 0 Å². The van der Waals surface area contributed by atoms with Crippen molar-refractivity contribution in [3.05, 3.63) is 58.6 Å². The van der Waals surface area contributed by atoms with E-state index in [0.29, 0.717) is 5.92 Å². The number of hydrogen-bond acceptors (Lipinski definition) is 0. The van der Waals surface area contributed by atoms with Gasteiger partial charge in [0.2, 0.25) is 0 Å². The van der Waals surface area contributed by atoms with Crippen molar-refractivity contribution >= 4 is 7.81 Å². The standard InChI is InChI=1S/C9H12.C5H5.F6P.Fe/c1-8(2)9-6-4-3-5-7-9;1-2-4-5-3-1;1-7(2,3,4,5)6;/h3-8H,1-2H3;1-3H,4H2;;/q;;-1;. The maximum atomic E-state index is 9.87. The fourth-order valence-electron chi connectivity index (χ4n) is 1.25. The Kier molecular flexibility index (Phi) is 6.95. The van der Waals surface area contributed by atoms with Gasteiger partial charge in [0.1, 0.15) is 0 Å². The van der Waals surface area contributed by atoms with Gasteiger partial charge in [-0.15, -0.1) is 0 Å². The summed E-state index contributed by atoms with van der Waals surface area (Å²) in [5.41, 5.74) is 1.41. The minimum absolute atomic E-state index is 0.659. The Bertz CT molecular complexity index is 505. The number of rotatable bonds is 1. The van der Waals surface area contributed by atoms with Crippen LogP contribution in [0.15, 0.2) is 53.0 Å². The van der Waals surface area contributed by atoms with Gasteiger partial charge in [-0.25, -0.2) is 0 Å². The topological polar surface area (TPSA) is 0 Å². The Morgan fingerprint density at radius 3 is 1.59 bits per heavy atom. The van der Waals surface area contributed by atoms with Crippen molar-refractivity contribution < 1.29 is 41.2 Å². The average molecular weight is 386 g/mol. The molecule has 129 valence electrons. The molecule has 22 heavy (non-hydrogen) atoms. The van der Waals surface area contributed by atoms with Gasteiger partial charge in [0.15, 0.2) is 0 Å². The van der Waals surface area contributed by atoms with Crippen molar-refractivity contribution in [3.63, 3.8) is 0 Å². The van der Waals surface area contributed by atoms with E-state index in [1.165, 1.54) is 10.0 Å². The van der Waals surface area contributed by atoms with Gasteiger partial charge in [0.05, 0.1) is 0 Å². The van der Waals surface area contributed by atoms with Crippen molar-refractivity contribution in [2.45, 2.75) is 26.2 Å². The molecule has 1 aliphatic rings. The van der Waals surface area contributed by atoms with Gasteiger partial charge in [-0.05, 0) is 11.5 Å². The van der Waals surface area contributed by atoms with Gasteiger partial charge >= 0.3 is 78.1 Å². The summed E-state index contributed by atoms with van der Waals surface area (Å²) in [5, 5.41) is 0. The molecule has 1 aromatic carbocycles. The van der Waals surface area contributed by atoms with Gasteiger partial charge in [-0.2, -0.15) is 0 Å². The second kappa shape index (κ2) is 7.20. The first-order valence-electron chi connectivity index (χ1n) is 6.26. The Labute approximate surface area is 134 Å². The third-order valence-electron chi connectivity index (χ3n) is 2.18. The number of halogens is 6. The van der Waals surface area contributed by atoms with E-state index >= 15 is 0 Å². The second-order valence-electron chi connectivity index (χ2n) is 4.75. The molecule has 0 nitrogen and oxygen atoms in total. The third kappa shape index (κ3) is 19.2. The Hall–Kier alpha value is -0.771. The van der Waals surface area contributed by atoms with E-state index in [1.807, 2.05) is 18.2 Å². The van der Waals surface area contributed by atoms with Crippen LogP contribution in [0.4, 0.5) is 25.2 Å². The van der Waals surface area contributed by atoms with Crippen molar-refractivity contribution in [2.24, 2.45) is 0 Å². The molecule has 0 bridgehead atoms. The predicted molar refractivity (Wildman–Crippen MR) is 75.9 cm³/mol. The monoisotopic (exact) mass is 386 g/mol. The van der Waals surface area contributed by atoms with Crippen LogP contribution < -0.4 is 0 Å². The van der Waals surface area contributed by atoms with Gasteiger partial charge in [0.25, 0.3) is 0 Å². The second-order valence-corrected chi connectivity index (χ2v) is 7.38. The fraction of sp³-hybridized carbons (Fsp3) is 0.286. The van der Waals surface area contributed by atoms with Crippen LogP contribution >= 0.6 is 7.81 Å². The molecule has 0 saturated heterocycles. The van der Waals surface area contributed by atoms with Crippen molar-refractivity contribution in [1.82, 2.24) is 0 Å². The number of benzene rings is 1.